The number of oxazole rings is 1. The van der Waals surface area contributed by atoms with E-state index < -0.39 is 29.7 Å². The van der Waals surface area contributed by atoms with Gasteiger partial charge in [-0.05, 0) is 76.8 Å². The van der Waals surface area contributed by atoms with Crippen molar-refractivity contribution in [2.24, 2.45) is 17.8 Å². The Labute approximate surface area is 259 Å². The molecule has 3 aromatic heterocycles. The van der Waals surface area contributed by atoms with Crippen molar-refractivity contribution in [3.05, 3.63) is 42.2 Å². The summed E-state index contributed by atoms with van der Waals surface area (Å²) in [5, 5.41) is 6.54. The molecule has 45 heavy (non-hydrogen) atoms. The molecule has 3 aromatic rings. The Morgan fingerprint density at radius 1 is 1.20 bits per heavy atom. The maximum absolute atomic E-state index is 13.9. The van der Waals surface area contributed by atoms with Gasteiger partial charge in [-0.1, -0.05) is 6.92 Å². The number of anilines is 2. The highest BCUT2D eigenvalue weighted by molar-refractivity contribution is 6.03. The summed E-state index contributed by atoms with van der Waals surface area (Å²) in [5.41, 5.74) is -1.07. The SMILES string of the molecule is COC(=O)[C@H]1CC[C@H](n2cc(NC(=O)c3coc(-c4ccnc(N(CC5C[C@@H]5C)C(=O)OC(C)(C)C)c4)n3)c(C(F)F)n2)CC1. The molecule has 0 aliphatic heterocycles. The highest BCUT2D eigenvalue weighted by Crippen LogP contribution is 2.39. The molecule has 2 atom stereocenters. The van der Waals surface area contributed by atoms with Crippen LogP contribution in [0.5, 0.6) is 0 Å². The van der Waals surface area contributed by atoms with Gasteiger partial charge in [0.2, 0.25) is 5.89 Å². The van der Waals surface area contributed by atoms with E-state index in [0.717, 1.165) is 12.7 Å². The fourth-order valence-corrected chi connectivity index (χ4v) is 5.46. The lowest BCUT2D eigenvalue weighted by Crippen LogP contribution is -2.38. The van der Waals surface area contributed by atoms with Gasteiger partial charge in [0.15, 0.2) is 11.4 Å². The Morgan fingerprint density at radius 3 is 2.53 bits per heavy atom. The highest BCUT2D eigenvalue weighted by atomic mass is 19.3. The van der Waals surface area contributed by atoms with E-state index in [1.807, 2.05) is 0 Å². The monoisotopic (exact) mass is 628 g/mol. The van der Waals surface area contributed by atoms with Crippen LogP contribution in [0.3, 0.4) is 0 Å². The normalized spacial score (nSPS) is 21.3. The van der Waals surface area contributed by atoms with Crippen molar-refractivity contribution in [1.82, 2.24) is 19.7 Å². The van der Waals surface area contributed by atoms with Gasteiger partial charge in [-0.25, -0.2) is 23.5 Å². The molecule has 14 heteroatoms. The topological polar surface area (TPSA) is 142 Å². The number of aromatic nitrogens is 4. The minimum absolute atomic E-state index is 0.0832. The first-order valence-corrected chi connectivity index (χ1v) is 15.0. The van der Waals surface area contributed by atoms with Gasteiger partial charge in [0.05, 0.1) is 24.8 Å². The van der Waals surface area contributed by atoms with Crippen LogP contribution >= 0.6 is 0 Å². The van der Waals surface area contributed by atoms with Gasteiger partial charge in [0.25, 0.3) is 12.3 Å². The summed E-state index contributed by atoms with van der Waals surface area (Å²) in [6.07, 6.45) is 3.78. The Bertz CT molecular complexity index is 1540. The first kappa shape index (κ1) is 32.0. The molecule has 5 rings (SSSR count). The van der Waals surface area contributed by atoms with E-state index in [-0.39, 0.29) is 35.2 Å². The second kappa shape index (κ2) is 12.9. The maximum atomic E-state index is 13.9. The summed E-state index contributed by atoms with van der Waals surface area (Å²) >= 11 is 0. The van der Waals surface area contributed by atoms with E-state index in [2.05, 4.69) is 27.3 Å². The van der Waals surface area contributed by atoms with Crippen LogP contribution in [0.4, 0.5) is 25.1 Å². The summed E-state index contributed by atoms with van der Waals surface area (Å²) in [5.74, 6) is -0.00981. The van der Waals surface area contributed by atoms with Gasteiger partial charge in [0, 0.05) is 24.5 Å². The molecular formula is C31H38F2N6O6. The largest absolute Gasteiger partial charge is 0.469 e. The summed E-state index contributed by atoms with van der Waals surface area (Å²) in [6, 6.07) is 3.05. The van der Waals surface area contributed by atoms with E-state index in [9.17, 15) is 23.2 Å². The number of methoxy groups -OCH3 is 1. The number of nitrogens with zero attached hydrogens (tertiary/aromatic N) is 5. The standard InChI is InChI=1S/C31H38F2N6O6/c1-17-12-20(17)14-38(30(42)45-31(2,3)4)24-13-19(10-11-34-24)28-36-23(16-44-28)27(40)35-22-15-39(37-25(22)26(32)33)21-8-6-18(7-9-21)29(41)43-5/h10-11,13,15-18,20-21,26H,6-9,12,14H2,1-5H3,(H,35,40)/t17-,18-,20?,21-/m0/s1. The average Bonchev–Trinajstić information content (AvgIpc) is 3.35. The summed E-state index contributed by atoms with van der Waals surface area (Å²) in [7, 11) is 1.34. The van der Waals surface area contributed by atoms with Crippen LogP contribution in [0.15, 0.2) is 35.2 Å². The number of alkyl halides is 2. The summed E-state index contributed by atoms with van der Waals surface area (Å²) < 4.78 is 45.2. The van der Waals surface area contributed by atoms with E-state index in [0.29, 0.717) is 55.4 Å². The van der Waals surface area contributed by atoms with Crippen molar-refractivity contribution in [2.45, 2.75) is 77.9 Å². The number of hydrogen-bond donors (Lipinski definition) is 1. The number of hydrogen-bond acceptors (Lipinski definition) is 9. The smallest absolute Gasteiger partial charge is 0.416 e. The molecule has 2 aliphatic carbocycles. The zero-order valence-corrected chi connectivity index (χ0v) is 26.0. The lowest BCUT2D eigenvalue weighted by atomic mass is 9.86. The molecule has 0 bridgehead atoms. The Kier molecular flexibility index (Phi) is 9.21. The van der Waals surface area contributed by atoms with Gasteiger partial charge >= 0.3 is 12.1 Å². The molecule has 0 saturated heterocycles. The van der Waals surface area contributed by atoms with Gasteiger partial charge in [-0.2, -0.15) is 5.10 Å². The fourth-order valence-electron chi connectivity index (χ4n) is 5.46. The maximum Gasteiger partial charge on any atom is 0.416 e. The van der Waals surface area contributed by atoms with Crippen LogP contribution in [0.1, 0.15) is 88.4 Å². The first-order chi connectivity index (χ1) is 21.3. The van der Waals surface area contributed by atoms with Gasteiger partial charge in [-0.15, -0.1) is 0 Å². The van der Waals surface area contributed by atoms with Crippen LogP contribution in [-0.2, 0) is 14.3 Å². The highest BCUT2D eigenvalue weighted by Gasteiger charge is 2.37. The van der Waals surface area contributed by atoms with Crippen LogP contribution in [0.2, 0.25) is 0 Å². The number of rotatable bonds is 9. The lowest BCUT2D eigenvalue weighted by molar-refractivity contribution is -0.146. The second-order valence-electron chi connectivity index (χ2n) is 12.7. The number of nitrogens with one attached hydrogen (secondary N) is 1. The van der Waals surface area contributed by atoms with Crippen molar-refractivity contribution < 1.29 is 37.1 Å². The second-order valence-corrected chi connectivity index (χ2v) is 12.7. The molecule has 2 amide bonds. The molecule has 2 aliphatic rings. The number of ether oxygens (including phenoxy) is 2. The third kappa shape index (κ3) is 7.66. The summed E-state index contributed by atoms with van der Waals surface area (Å²) in [4.78, 5) is 48.1. The zero-order valence-electron chi connectivity index (χ0n) is 26.0. The molecular weight excluding hydrogens is 590 g/mol. The third-order valence-electron chi connectivity index (χ3n) is 8.13. The van der Waals surface area contributed by atoms with E-state index >= 15 is 0 Å². The third-order valence-corrected chi connectivity index (χ3v) is 8.13. The molecule has 3 heterocycles. The molecule has 242 valence electrons. The molecule has 0 aromatic carbocycles. The van der Waals surface area contributed by atoms with Crippen molar-refractivity contribution in [2.75, 3.05) is 23.9 Å². The predicted molar refractivity (Wildman–Crippen MR) is 159 cm³/mol. The van der Waals surface area contributed by atoms with E-state index in [4.69, 9.17) is 13.9 Å². The number of carbonyl (C=O) groups is 3. The fraction of sp³-hybridized carbons (Fsp3) is 0.548. The Morgan fingerprint density at radius 2 is 1.91 bits per heavy atom. The number of amides is 2. The first-order valence-electron chi connectivity index (χ1n) is 15.0. The quantitative estimate of drug-likeness (QED) is 0.266. The van der Waals surface area contributed by atoms with E-state index in [1.54, 1.807) is 32.9 Å². The molecule has 12 nitrogen and oxygen atoms in total. The van der Waals surface area contributed by atoms with Crippen LogP contribution in [0.25, 0.3) is 11.5 Å². The molecule has 2 saturated carbocycles. The molecule has 1 unspecified atom stereocenters. The van der Waals surface area contributed by atoms with Crippen molar-refractivity contribution in [1.29, 1.82) is 0 Å². The van der Waals surface area contributed by atoms with Crippen molar-refractivity contribution in [3.63, 3.8) is 0 Å². The van der Waals surface area contributed by atoms with Gasteiger partial charge in [-0.3, -0.25) is 19.2 Å². The van der Waals surface area contributed by atoms with Gasteiger partial charge < -0.3 is 19.2 Å². The molecule has 0 spiro atoms. The Balaban J connectivity index is 1.30. The predicted octanol–water partition coefficient (Wildman–Crippen LogP) is 6.42. The number of halogens is 2. The minimum atomic E-state index is -2.93. The minimum Gasteiger partial charge on any atom is -0.469 e. The average molecular weight is 629 g/mol. The molecule has 1 N–H and O–H groups in total. The van der Waals surface area contributed by atoms with Crippen molar-refractivity contribution in [3.8, 4) is 11.5 Å². The number of esters is 1. The summed E-state index contributed by atoms with van der Waals surface area (Å²) in [6.45, 7) is 7.93. The van der Waals surface area contributed by atoms with Crippen molar-refractivity contribution >= 4 is 29.5 Å². The van der Waals surface area contributed by atoms with Crippen LogP contribution in [-0.4, -0.2) is 57.0 Å². The van der Waals surface area contributed by atoms with Gasteiger partial charge in [0.1, 0.15) is 17.7 Å². The van der Waals surface area contributed by atoms with Crippen LogP contribution in [0, 0.1) is 17.8 Å². The Hall–Kier alpha value is -4.36. The van der Waals surface area contributed by atoms with Crippen LogP contribution < -0.4 is 10.2 Å². The van der Waals surface area contributed by atoms with E-state index in [1.165, 1.54) is 29.1 Å². The lowest BCUT2D eigenvalue weighted by Gasteiger charge is -2.27. The number of carbonyl (C=O) groups excluding carboxylic acids is 3. The molecule has 0 radical (unpaired) electrons. The molecule has 2 fully saturated rings. The zero-order chi connectivity index (χ0) is 32.5. The number of pyridine rings is 1.